The highest BCUT2D eigenvalue weighted by molar-refractivity contribution is 6.00. The zero-order valence-electron chi connectivity index (χ0n) is 40.8. The molecule has 3 spiro atoms. The van der Waals surface area contributed by atoms with Crippen LogP contribution in [0.1, 0.15) is 148 Å². The number of piperidine rings is 2. The average Bonchev–Trinajstić information content (AvgIpc) is 3.70. The molecule has 69 heavy (non-hydrogen) atoms. The van der Waals surface area contributed by atoms with E-state index in [1.165, 1.54) is 79.2 Å². The molecule has 7 aliphatic carbocycles. The van der Waals surface area contributed by atoms with Gasteiger partial charge < -0.3 is 25.2 Å². The number of aliphatic hydroxyl groups excluding tert-OH is 1. The summed E-state index contributed by atoms with van der Waals surface area (Å²) in [5, 5.41) is 13.5. The van der Waals surface area contributed by atoms with E-state index >= 15 is 9.59 Å². The molecule has 2 saturated carbocycles. The highest BCUT2D eigenvalue weighted by Crippen LogP contribution is 2.87. The first kappa shape index (κ1) is 42.3. The molecule has 0 aromatic heterocycles. The zero-order valence-corrected chi connectivity index (χ0v) is 40.8. The lowest BCUT2D eigenvalue weighted by molar-refractivity contribution is -0.277. The van der Waals surface area contributed by atoms with Crippen LogP contribution in [-0.4, -0.2) is 65.1 Å². The Labute approximate surface area is 408 Å². The van der Waals surface area contributed by atoms with Crippen molar-refractivity contribution in [3.8, 4) is 0 Å². The van der Waals surface area contributed by atoms with Gasteiger partial charge in [0.1, 0.15) is 11.2 Å². The van der Waals surface area contributed by atoms with E-state index in [2.05, 4.69) is 71.3 Å². The molecule has 16 aliphatic rings. The molecular formula is C61H71N3O5. The van der Waals surface area contributed by atoms with Crippen LogP contribution >= 0.6 is 0 Å². The normalized spacial score (nSPS) is 40.9. The summed E-state index contributed by atoms with van der Waals surface area (Å²) in [5.41, 5.74) is 16.8. The molecule has 0 amide bonds. The molecule has 5 fully saturated rings. The number of ether oxygens (including phenoxy) is 2. The smallest absolute Gasteiger partial charge is 0.339 e. The monoisotopic (exact) mass is 926 g/mol. The maximum atomic E-state index is 16.4. The van der Waals surface area contributed by atoms with Crippen molar-refractivity contribution in [2.24, 2.45) is 63.9 Å². The van der Waals surface area contributed by atoms with Crippen LogP contribution in [0.25, 0.3) is 6.08 Å². The van der Waals surface area contributed by atoms with E-state index in [9.17, 15) is 5.11 Å². The topological polar surface area (TPSA) is 105 Å². The van der Waals surface area contributed by atoms with E-state index in [-0.39, 0.29) is 35.6 Å². The fraction of sp³-hybridized carbons (Fsp3) is 0.607. The number of hydrogen-bond donors (Lipinski definition) is 2. The van der Waals surface area contributed by atoms with Gasteiger partial charge >= 0.3 is 11.9 Å². The van der Waals surface area contributed by atoms with Crippen molar-refractivity contribution in [2.45, 2.75) is 147 Å². The Hall–Kier alpha value is -4.40. The molecule has 15 bridgehead atoms. The van der Waals surface area contributed by atoms with Gasteiger partial charge in [0.25, 0.3) is 0 Å². The minimum absolute atomic E-state index is 0.140. The molecule has 3 N–H and O–H groups in total. The third-order valence-corrected chi connectivity index (χ3v) is 21.9. The summed E-state index contributed by atoms with van der Waals surface area (Å²) in [7, 11) is 0. The molecule has 9 heterocycles. The summed E-state index contributed by atoms with van der Waals surface area (Å²) in [4.78, 5) is 37.4. The van der Waals surface area contributed by atoms with Gasteiger partial charge in [0.05, 0.1) is 11.0 Å². The van der Waals surface area contributed by atoms with Crippen LogP contribution in [0.15, 0.2) is 88.1 Å². The number of carbonyl (C=O) groups is 2. The van der Waals surface area contributed by atoms with Crippen LogP contribution < -0.4 is 5.73 Å². The predicted molar refractivity (Wildman–Crippen MR) is 265 cm³/mol. The standard InChI is InChI=1S/C61H71N3O5/c1-34-24-41-18-20-49-43-25-37-31-63(33-43)44(26-35-8-3-2-4-9-35)30-50(65)56-59-22-21-46-48-29-42(52(34)54(46)55(41)64(49)32-37)28-40-12-5-10-38-17-15-36(16-19-45(38)40)27-51(60(48,59)58(67)68-56)61(59)47-14-6-11-39(13-7-23-62)53(47)57(66)69-61/h5-6,10-12,14,16,19,29,34-37,43-44,49,51-52,54,65H,2-4,7-9,13,15,17-18,20-28,30-33,62H2,1H3/t34-,36-,37+,43-,44+,49-,51-,52-,54+,59+,60-,61+/m0/s1. The zero-order chi connectivity index (χ0) is 46.1. The molecule has 8 heteroatoms. The average molecular weight is 926 g/mol. The Morgan fingerprint density at radius 3 is 2.68 bits per heavy atom. The minimum Gasteiger partial charge on any atom is -0.509 e. The van der Waals surface area contributed by atoms with Gasteiger partial charge in [-0.1, -0.05) is 110 Å². The molecule has 13 atom stereocenters. The van der Waals surface area contributed by atoms with Gasteiger partial charge in [0, 0.05) is 61.2 Å². The number of aryl methyl sites for hydroxylation is 2. The molecule has 3 saturated heterocycles. The van der Waals surface area contributed by atoms with Crippen LogP contribution in [0.5, 0.6) is 0 Å². The third-order valence-electron chi connectivity index (χ3n) is 21.9. The Bertz CT molecular complexity index is 2770. The van der Waals surface area contributed by atoms with Gasteiger partial charge in [-0.15, -0.1) is 0 Å². The number of aliphatic hydroxyl groups is 1. The number of nitrogens with two attached hydrogens (primary N) is 1. The highest BCUT2D eigenvalue weighted by Gasteiger charge is 2.93. The number of carbonyl (C=O) groups excluding carboxylic acids is 2. The summed E-state index contributed by atoms with van der Waals surface area (Å²) in [6, 6.07) is 14.0. The van der Waals surface area contributed by atoms with Crippen molar-refractivity contribution < 1.29 is 24.2 Å². The molecule has 8 nitrogen and oxygen atoms in total. The van der Waals surface area contributed by atoms with Gasteiger partial charge in [0.2, 0.25) is 0 Å². The van der Waals surface area contributed by atoms with Crippen molar-refractivity contribution in [1.82, 2.24) is 9.80 Å². The van der Waals surface area contributed by atoms with Crippen LogP contribution in [0.4, 0.5) is 0 Å². The number of hydrogen-bond acceptors (Lipinski definition) is 8. The van der Waals surface area contributed by atoms with E-state index < -0.39 is 22.3 Å². The fourth-order valence-corrected chi connectivity index (χ4v) is 19.6. The predicted octanol–water partition coefficient (Wildman–Crippen LogP) is 10.8. The molecule has 360 valence electrons. The maximum Gasteiger partial charge on any atom is 0.339 e. The van der Waals surface area contributed by atoms with Gasteiger partial charge in [-0.2, -0.15) is 0 Å². The van der Waals surface area contributed by atoms with Crippen molar-refractivity contribution in [1.29, 1.82) is 0 Å². The Balaban J connectivity index is 1.03. The lowest BCUT2D eigenvalue weighted by Gasteiger charge is -2.71. The summed E-state index contributed by atoms with van der Waals surface area (Å²) in [5.74, 6) is 2.65. The molecule has 2 aromatic carbocycles. The number of fused-ring (bicyclic) bond motifs is 5. The Morgan fingerprint density at radius 1 is 0.928 bits per heavy atom. The number of nitrogens with zero attached hydrogens (tertiary/aromatic N) is 2. The minimum atomic E-state index is -1.20. The van der Waals surface area contributed by atoms with Gasteiger partial charge in [-0.05, 0) is 153 Å². The van der Waals surface area contributed by atoms with E-state index in [4.69, 9.17) is 15.2 Å². The highest BCUT2D eigenvalue weighted by atomic mass is 16.6. The maximum absolute atomic E-state index is 16.4. The number of allylic oxidation sites excluding steroid dienone is 5. The van der Waals surface area contributed by atoms with E-state index in [0.29, 0.717) is 79.2 Å². The van der Waals surface area contributed by atoms with Crippen LogP contribution in [0, 0.1) is 58.2 Å². The van der Waals surface area contributed by atoms with Gasteiger partial charge in [-0.3, -0.25) is 9.69 Å². The summed E-state index contributed by atoms with van der Waals surface area (Å²) < 4.78 is 14.5. The SMILES string of the molecule is C[C@H]1CC2=C3[C@@H]4C5=C6C=C(Cc7cccc8c7C=C[C@H](CC8)C[C@H]7[C@]68C(=O)OC(=C(O)C[C@@H](CC6CCCCC6)N6C[C@H]9C[C@@H](C6)[C@H](CC2)N3C9)[C@@]8(CC5)[C@]72OC(=O)c3c(CCCN)cccc32)[C@@H]41. The Kier molecular flexibility index (Phi) is 9.24. The van der Waals surface area contributed by atoms with Gasteiger partial charge in [-0.25, -0.2) is 4.79 Å². The van der Waals surface area contributed by atoms with Crippen LogP contribution in [-0.2, 0) is 39.1 Å². The van der Waals surface area contributed by atoms with Crippen molar-refractivity contribution in [3.63, 3.8) is 0 Å². The van der Waals surface area contributed by atoms with Crippen LogP contribution in [0.2, 0.25) is 0 Å². The molecule has 9 aliphatic heterocycles. The van der Waals surface area contributed by atoms with E-state index in [1.54, 1.807) is 11.3 Å². The largest absolute Gasteiger partial charge is 0.509 e. The van der Waals surface area contributed by atoms with Crippen molar-refractivity contribution >= 4 is 18.0 Å². The van der Waals surface area contributed by atoms with Crippen LogP contribution in [0.3, 0.4) is 0 Å². The van der Waals surface area contributed by atoms with Crippen molar-refractivity contribution in [2.75, 3.05) is 26.2 Å². The summed E-state index contributed by atoms with van der Waals surface area (Å²) in [6.07, 6.45) is 26.4. The molecule has 1 unspecified atom stereocenters. The van der Waals surface area contributed by atoms with Crippen molar-refractivity contribution in [3.05, 3.63) is 121 Å². The number of benzene rings is 2. The first-order valence-electron chi connectivity index (χ1n) is 27.9. The first-order valence-corrected chi connectivity index (χ1v) is 27.9. The van der Waals surface area contributed by atoms with E-state index in [0.717, 1.165) is 81.3 Å². The quantitative estimate of drug-likeness (QED) is 0.286. The number of esters is 2. The first-order chi connectivity index (χ1) is 33.7. The lowest BCUT2D eigenvalue weighted by Crippen LogP contribution is -2.77. The molecular weight excluding hydrogens is 855 g/mol. The van der Waals surface area contributed by atoms with E-state index in [1.807, 2.05) is 0 Å². The number of rotatable bonds is 5. The molecule has 0 radical (unpaired) electrons. The van der Waals surface area contributed by atoms with Gasteiger partial charge in [0.15, 0.2) is 11.4 Å². The summed E-state index contributed by atoms with van der Waals surface area (Å²) in [6.45, 7) is 6.30. The second kappa shape index (κ2) is 15.1. The fourth-order valence-electron chi connectivity index (χ4n) is 19.6. The third kappa shape index (κ3) is 5.39. The molecule has 18 rings (SSSR count). The Morgan fingerprint density at radius 2 is 1.80 bits per heavy atom. The molecule has 2 aromatic rings. The second-order valence-corrected chi connectivity index (χ2v) is 24.9. The summed E-state index contributed by atoms with van der Waals surface area (Å²) >= 11 is 0. The second-order valence-electron chi connectivity index (χ2n) is 24.9. The lowest BCUT2D eigenvalue weighted by atomic mass is 9.28.